The van der Waals surface area contributed by atoms with Crippen LogP contribution in [0.15, 0.2) is 29.6 Å². The molecule has 0 atom stereocenters. The Kier molecular flexibility index (Phi) is 5.55. The van der Waals surface area contributed by atoms with Crippen molar-refractivity contribution in [1.82, 2.24) is 9.88 Å². The first-order valence-electron chi connectivity index (χ1n) is 7.57. The smallest absolute Gasteiger partial charge is 0.273 e. The zero-order valence-electron chi connectivity index (χ0n) is 13.5. The fraction of sp³-hybridized carbons (Fsp3) is 0.412. The van der Waals surface area contributed by atoms with E-state index in [1.54, 1.807) is 4.90 Å². The number of rotatable bonds is 6. The van der Waals surface area contributed by atoms with Crippen molar-refractivity contribution in [3.8, 4) is 16.3 Å². The molecule has 0 bridgehead atoms. The van der Waals surface area contributed by atoms with E-state index in [0.29, 0.717) is 18.8 Å². The average Bonchev–Trinajstić information content (AvgIpc) is 2.98. The van der Waals surface area contributed by atoms with Crippen molar-refractivity contribution < 1.29 is 9.53 Å². The van der Waals surface area contributed by atoms with Crippen LogP contribution in [-0.4, -0.2) is 35.0 Å². The lowest BCUT2D eigenvalue weighted by Crippen LogP contribution is -2.30. The molecular formula is C17H22N2O2S. The predicted octanol–water partition coefficient (Wildman–Crippen LogP) is 4.08. The van der Waals surface area contributed by atoms with Gasteiger partial charge >= 0.3 is 0 Å². The highest BCUT2D eigenvalue weighted by Gasteiger charge is 2.16. The number of hydrogen-bond acceptors (Lipinski definition) is 4. The van der Waals surface area contributed by atoms with E-state index < -0.39 is 0 Å². The highest BCUT2D eigenvalue weighted by Crippen LogP contribution is 2.26. The maximum absolute atomic E-state index is 12.3. The van der Waals surface area contributed by atoms with Crippen LogP contribution in [-0.2, 0) is 0 Å². The van der Waals surface area contributed by atoms with Crippen LogP contribution in [0.1, 0.15) is 38.2 Å². The summed E-state index contributed by atoms with van der Waals surface area (Å²) in [5.41, 5.74) is 1.52. The molecule has 1 heterocycles. The van der Waals surface area contributed by atoms with Crippen LogP contribution in [0.4, 0.5) is 0 Å². The molecule has 0 saturated carbocycles. The van der Waals surface area contributed by atoms with Gasteiger partial charge in [-0.05, 0) is 52.0 Å². The van der Waals surface area contributed by atoms with Crippen molar-refractivity contribution in [2.75, 3.05) is 13.1 Å². The number of aromatic nitrogens is 1. The highest BCUT2D eigenvalue weighted by molar-refractivity contribution is 7.13. The van der Waals surface area contributed by atoms with E-state index in [0.717, 1.165) is 16.3 Å². The first-order valence-corrected chi connectivity index (χ1v) is 8.45. The third kappa shape index (κ3) is 3.85. The number of ether oxygens (including phenoxy) is 1. The van der Waals surface area contributed by atoms with Gasteiger partial charge in [-0.3, -0.25) is 4.79 Å². The lowest BCUT2D eigenvalue weighted by atomic mass is 10.2. The zero-order valence-corrected chi connectivity index (χ0v) is 14.3. The van der Waals surface area contributed by atoms with Gasteiger partial charge in [0.1, 0.15) is 16.5 Å². The minimum atomic E-state index is -0.00717. The molecule has 118 valence electrons. The van der Waals surface area contributed by atoms with Gasteiger partial charge < -0.3 is 9.64 Å². The van der Waals surface area contributed by atoms with Gasteiger partial charge in [-0.25, -0.2) is 4.98 Å². The number of carbonyl (C=O) groups is 1. The lowest BCUT2D eigenvalue weighted by molar-refractivity contribution is 0.0768. The molecule has 0 aliphatic heterocycles. The fourth-order valence-corrected chi connectivity index (χ4v) is 2.93. The second kappa shape index (κ2) is 7.40. The second-order valence-corrected chi connectivity index (χ2v) is 6.06. The molecule has 1 aromatic carbocycles. The average molecular weight is 318 g/mol. The van der Waals surface area contributed by atoms with Gasteiger partial charge in [0.05, 0.1) is 6.10 Å². The van der Waals surface area contributed by atoms with Crippen molar-refractivity contribution in [2.45, 2.75) is 33.8 Å². The van der Waals surface area contributed by atoms with Crippen LogP contribution in [0.3, 0.4) is 0 Å². The van der Waals surface area contributed by atoms with Crippen molar-refractivity contribution in [3.63, 3.8) is 0 Å². The summed E-state index contributed by atoms with van der Waals surface area (Å²) in [6.07, 6.45) is 0.156. The Morgan fingerprint density at radius 3 is 2.41 bits per heavy atom. The molecule has 0 N–H and O–H groups in total. The number of thiazole rings is 1. The Balaban J connectivity index is 2.15. The van der Waals surface area contributed by atoms with Crippen LogP contribution in [0.25, 0.3) is 10.6 Å². The van der Waals surface area contributed by atoms with Gasteiger partial charge in [0, 0.05) is 24.0 Å². The standard InChI is InChI=1S/C17H22N2O2S/c1-5-19(6-2)17(20)15-11-22-16(18-15)13-7-9-14(10-8-13)21-12(3)4/h7-12H,5-6H2,1-4H3. The lowest BCUT2D eigenvalue weighted by Gasteiger charge is -2.16. The van der Waals surface area contributed by atoms with Crippen LogP contribution >= 0.6 is 11.3 Å². The zero-order chi connectivity index (χ0) is 16.1. The van der Waals surface area contributed by atoms with Gasteiger partial charge in [-0.1, -0.05) is 0 Å². The molecule has 5 heteroatoms. The highest BCUT2D eigenvalue weighted by atomic mass is 32.1. The van der Waals surface area contributed by atoms with Crippen LogP contribution in [0, 0.1) is 0 Å². The predicted molar refractivity (Wildman–Crippen MR) is 90.6 cm³/mol. The summed E-state index contributed by atoms with van der Waals surface area (Å²) in [6, 6.07) is 7.82. The maximum atomic E-state index is 12.3. The Labute approximate surface area is 135 Å². The van der Waals surface area contributed by atoms with Gasteiger partial charge in [0.25, 0.3) is 5.91 Å². The summed E-state index contributed by atoms with van der Waals surface area (Å²) >= 11 is 1.49. The first-order chi connectivity index (χ1) is 10.5. The molecule has 2 rings (SSSR count). The van der Waals surface area contributed by atoms with Gasteiger partial charge in [-0.2, -0.15) is 0 Å². The minimum Gasteiger partial charge on any atom is -0.491 e. The van der Waals surface area contributed by atoms with E-state index in [4.69, 9.17) is 4.74 Å². The van der Waals surface area contributed by atoms with E-state index in [1.165, 1.54) is 11.3 Å². The molecule has 2 aromatic rings. The van der Waals surface area contributed by atoms with Crippen LogP contribution in [0.2, 0.25) is 0 Å². The number of benzene rings is 1. The fourth-order valence-electron chi connectivity index (χ4n) is 2.13. The summed E-state index contributed by atoms with van der Waals surface area (Å²) < 4.78 is 5.63. The molecule has 1 amide bonds. The monoisotopic (exact) mass is 318 g/mol. The van der Waals surface area contributed by atoms with Crippen molar-refractivity contribution in [2.24, 2.45) is 0 Å². The van der Waals surface area contributed by atoms with E-state index in [-0.39, 0.29) is 12.0 Å². The maximum Gasteiger partial charge on any atom is 0.273 e. The minimum absolute atomic E-state index is 0.00717. The number of carbonyl (C=O) groups excluding carboxylic acids is 1. The van der Waals surface area contributed by atoms with Crippen molar-refractivity contribution >= 4 is 17.2 Å². The number of amides is 1. The molecule has 0 aliphatic carbocycles. The largest absolute Gasteiger partial charge is 0.491 e. The van der Waals surface area contributed by atoms with Gasteiger partial charge in [0.2, 0.25) is 0 Å². The third-order valence-electron chi connectivity index (χ3n) is 3.25. The molecule has 0 aliphatic rings. The number of hydrogen-bond donors (Lipinski definition) is 0. The van der Waals surface area contributed by atoms with E-state index in [1.807, 2.05) is 57.3 Å². The quantitative estimate of drug-likeness (QED) is 0.806. The summed E-state index contributed by atoms with van der Waals surface area (Å²) in [5.74, 6) is 0.835. The summed E-state index contributed by atoms with van der Waals surface area (Å²) in [5, 5.41) is 2.68. The van der Waals surface area contributed by atoms with Gasteiger partial charge in [0.15, 0.2) is 0 Å². The Morgan fingerprint density at radius 1 is 1.23 bits per heavy atom. The van der Waals surface area contributed by atoms with E-state index in [9.17, 15) is 4.79 Å². The number of nitrogens with zero attached hydrogens (tertiary/aromatic N) is 2. The molecule has 0 radical (unpaired) electrons. The molecule has 0 unspecified atom stereocenters. The molecule has 0 fully saturated rings. The van der Waals surface area contributed by atoms with E-state index >= 15 is 0 Å². The summed E-state index contributed by atoms with van der Waals surface area (Å²) in [6.45, 7) is 9.34. The third-order valence-corrected chi connectivity index (χ3v) is 4.14. The Morgan fingerprint density at radius 2 is 1.86 bits per heavy atom. The molecule has 0 saturated heterocycles. The Bertz CT molecular complexity index is 616. The first kappa shape index (κ1) is 16.5. The molecule has 22 heavy (non-hydrogen) atoms. The van der Waals surface area contributed by atoms with Crippen LogP contribution < -0.4 is 4.74 Å². The SMILES string of the molecule is CCN(CC)C(=O)c1csc(-c2ccc(OC(C)C)cc2)n1. The van der Waals surface area contributed by atoms with Crippen molar-refractivity contribution in [1.29, 1.82) is 0 Å². The molecule has 0 spiro atoms. The summed E-state index contributed by atoms with van der Waals surface area (Å²) in [4.78, 5) is 18.5. The van der Waals surface area contributed by atoms with E-state index in [2.05, 4.69) is 4.98 Å². The topological polar surface area (TPSA) is 42.4 Å². The second-order valence-electron chi connectivity index (χ2n) is 5.21. The van der Waals surface area contributed by atoms with Crippen LogP contribution in [0.5, 0.6) is 5.75 Å². The summed E-state index contributed by atoms with van der Waals surface area (Å²) in [7, 11) is 0. The molecular weight excluding hydrogens is 296 g/mol. The molecule has 1 aromatic heterocycles. The van der Waals surface area contributed by atoms with Crippen molar-refractivity contribution in [3.05, 3.63) is 35.3 Å². The normalized spacial score (nSPS) is 10.8. The molecule has 4 nitrogen and oxygen atoms in total. The Hall–Kier alpha value is -1.88. The van der Waals surface area contributed by atoms with Gasteiger partial charge in [-0.15, -0.1) is 11.3 Å².